The van der Waals surface area contributed by atoms with Crippen molar-refractivity contribution in [3.63, 3.8) is 0 Å². The molecule has 0 saturated heterocycles. The van der Waals surface area contributed by atoms with E-state index in [1.807, 2.05) is 25.1 Å². The molecule has 0 unspecified atom stereocenters. The summed E-state index contributed by atoms with van der Waals surface area (Å²) in [5.41, 5.74) is 3.49. The molecule has 1 aromatic carbocycles. The molecule has 2 atom stereocenters. The van der Waals surface area contributed by atoms with Crippen LogP contribution in [0.4, 0.5) is 0 Å². The molecular weight excluding hydrogens is 320 g/mol. The maximum atomic E-state index is 12.3. The summed E-state index contributed by atoms with van der Waals surface area (Å²) in [7, 11) is 0. The summed E-state index contributed by atoms with van der Waals surface area (Å²) in [6, 6.07) is 12.5. The molecule has 24 heavy (non-hydrogen) atoms. The van der Waals surface area contributed by atoms with Crippen LogP contribution >= 0.6 is 11.3 Å². The number of thiophene rings is 1. The summed E-state index contributed by atoms with van der Waals surface area (Å²) >= 11 is 1.67. The van der Waals surface area contributed by atoms with Crippen molar-refractivity contribution >= 4 is 23.0 Å². The van der Waals surface area contributed by atoms with E-state index in [1.54, 1.807) is 11.3 Å². The van der Waals surface area contributed by atoms with E-state index in [4.69, 9.17) is 4.84 Å². The van der Waals surface area contributed by atoms with Crippen LogP contribution in [0.5, 0.6) is 0 Å². The van der Waals surface area contributed by atoms with Crippen LogP contribution < -0.4 is 5.32 Å². The van der Waals surface area contributed by atoms with E-state index in [2.05, 4.69) is 39.4 Å². The van der Waals surface area contributed by atoms with Crippen molar-refractivity contribution in [2.45, 2.75) is 44.8 Å². The monoisotopic (exact) mass is 342 g/mol. The number of carbonyl (C=O) groups excluding carboxylic acids is 1. The Morgan fingerprint density at radius 2 is 2.12 bits per heavy atom. The summed E-state index contributed by atoms with van der Waals surface area (Å²) in [5, 5.41) is 11.3. The third kappa shape index (κ3) is 4.68. The maximum absolute atomic E-state index is 12.3. The molecule has 3 rings (SSSR count). The van der Waals surface area contributed by atoms with Crippen molar-refractivity contribution in [3.05, 3.63) is 58.3 Å². The minimum absolute atomic E-state index is 0.0730. The largest absolute Gasteiger partial charge is 0.382 e. The highest BCUT2D eigenvalue weighted by Gasteiger charge is 2.28. The minimum Gasteiger partial charge on any atom is -0.382 e. The summed E-state index contributed by atoms with van der Waals surface area (Å²) < 4.78 is 0. The molecule has 5 heteroatoms. The first-order valence-electron chi connectivity index (χ1n) is 8.27. The van der Waals surface area contributed by atoms with Crippen LogP contribution in [-0.4, -0.2) is 23.8 Å². The standard InChI is InChI=1S/C19H22N2O2S/c1-14(11-16-9-10-24-13-16)20-19(22)18-12-17(21-23-18)8-7-15-5-3-2-4-6-15/h2-6,9-10,13-14,18H,7-8,11-12H2,1H3,(H,20,22)/t14-,18-/m0/s1. The van der Waals surface area contributed by atoms with E-state index in [9.17, 15) is 4.79 Å². The number of hydrogen-bond acceptors (Lipinski definition) is 4. The lowest BCUT2D eigenvalue weighted by atomic mass is 10.0. The SMILES string of the molecule is C[C@@H](Cc1ccsc1)NC(=O)[C@@H]1CC(CCc2ccccc2)=NO1. The van der Waals surface area contributed by atoms with Gasteiger partial charge in [0.1, 0.15) is 0 Å². The highest BCUT2D eigenvalue weighted by atomic mass is 32.1. The number of aryl methyl sites for hydroxylation is 1. The zero-order valence-electron chi connectivity index (χ0n) is 13.8. The molecule has 0 saturated carbocycles. The zero-order chi connectivity index (χ0) is 16.8. The first kappa shape index (κ1) is 16.7. The first-order valence-corrected chi connectivity index (χ1v) is 9.22. The number of carbonyl (C=O) groups is 1. The van der Waals surface area contributed by atoms with E-state index >= 15 is 0 Å². The Bertz CT molecular complexity index is 683. The topological polar surface area (TPSA) is 50.7 Å². The van der Waals surface area contributed by atoms with Crippen molar-refractivity contribution in [2.24, 2.45) is 5.16 Å². The fourth-order valence-corrected chi connectivity index (χ4v) is 3.48. The van der Waals surface area contributed by atoms with Crippen LogP contribution in [-0.2, 0) is 22.5 Å². The Labute approximate surface area is 146 Å². The average Bonchev–Trinajstić information content (AvgIpc) is 3.25. The second-order valence-electron chi connectivity index (χ2n) is 6.19. The molecule has 0 aliphatic carbocycles. The molecule has 126 valence electrons. The highest BCUT2D eigenvalue weighted by Crippen LogP contribution is 2.16. The van der Waals surface area contributed by atoms with Gasteiger partial charge >= 0.3 is 0 Å². The van der Waals surface area contributed by atoms with E-state index in [1.165, 1.54) is 11.1 Å². The van der Waals surface area contributed by atoms with Gasteiger partial charge in [-0.15, -0.1) is 0 Å². The van der Waals surface area contributed by atoms with Crippen molar-refractivity contribution in [3.8, 4) is 0 Å². The quantitative estimate of drug-likeness (QED) is 0.836. The molecule has 0 fully saturated rings. The van der Waals surface area contributed by atoms with Crippen LogP contribution in [0.2, 0.25) is 0 Å². The summed E-state index contributed by atoms with van der Waals surface area (Å²) in [6.07, 6.45) is 2.69. The second kappa shape index (κ2) is 8.11. The van der Waals surface area contributed by atoms with Gasteiger partial charge in [0.05, 0.1) is 5.71 Å². The van der Waals surface area contributed by atoms with E-state index in [0.717, 1.165) is 25.0 Å². The van der Waals surface area contributed by atoms with Crippen molar-refractivity contribution in [1.29, 1.82) is 0 Å². The molecule has 1 aliphatic heterocycles. The number of oxime groups is 1. The van der Waals surface area contributed by atoms with Gasteiger partial charge in [-0.05, 0) is 54.1 Å². The predicted molar refractivity (Wildman–Crippen MR) is 97.3 cm³/mol. The fraction of sp³-hybridized carbons (Fsp3) is 0.368. The van der Waals surface area contributed by atoms with Crippen LogP contribution in [0, 0.1) is 0 Å². The minimum atomic E-state index is -0.485. The third-order valence-electron chi connectivity index (χ3n) is 4.08. The van der Waals surface area contributed by atoms with Gasteiger partial charge in [-0.2, -0.15) is 11.3 Å². The number of nitrogens with zero attached hydrogens (tertiary/aromatic N) is 1. The van der Waals surface area contributed by atoms with Crippen molar-refractivity contribution in [1.82, 2.24) is 5.32 Å². The molecule has 0 spiro atoms. The molecule has 1 amide bonds. The van der Waals surface area contributed by atoms with Gasteiger partial charge in [0.15, 0.2) is 0 Å². The number of nitrogens with one attached hydrogen (secondary N) is 1. The highest BCUT2D eigenvalue weighted by molar-refractivity contribution is 7.07. The van der Waals surface area contributed by atoms with Gasteiger partial charge in [0.2, 0.25) is 6.10 Å². The molecule has 0 bridgehead atoms. The molecule has 4 nitrogen and oxygen atoms in total. The van der Waals surface area contributed by atoms with Gasteiger partial charge in [0, 0.05) is 12.5 Å². The van der Waals surface area contributed by atoms with Crippen molar-refractivity contribution in [2.75, 3.05) is 0 Å². The zero-order valence-corrected chi connectivity index (χ0v) is 14.6. The fourth-order valence-electron chi connectivity index (χ4n) is 2.80. The Morgan fingerprint density at radius 3 is 2.88 bits per heavy atom. The van der Waals surface area contributed by atoms with Crippen LogP contribution in [0.25, 0.3) is 0 Å². The Morgan fingerprint density at radius 1 is 1.29 bits per heavy atom. The third-order valence-corrected chi connectivity index (χ3v) is 4.81. The van der Waals surface area contributed by atoms with Crippen LogP contribution in [0.3, 0.4) is 0 Å². The second-order valence-corrected chi connectivity index (χ2v) is 6.97. The lowest BCUT2D eigenvalue weighted by molar-refractivity contribution is -0.131. The maximum Gasteiger partial charge on any atom is 0.264 e. The Kier molecular flexibility index (Phi) is 5.64. The van der Waals surface area contributed by atoms with E-state index in [0.29, 0.717) is 6.42 Å². The number of amides is 1. The normalized spacial score (nSPS) is 17.9. The molecule has 1 aliphatic rings. The molecule has 0 radical (unpaired) electrons. The first-order chi connectivity index (χ1) is 11.7. The van der Waals surface area contributed by atoms with Crippen LogP contribution in [0.1, 0.15) is 30.9 Å². The van der Waals surface area contributed by atoms with E-state index < -0.39 is 6.10 Å². The van der Waals surface area contributed by atoms with Gasteiger partial charge in [0.25, 0.3) is 5.91 Å². The number of benzene rings is 1. The van der Waals surface area contributed by atoms with Crippen molar-refractivity contribution < 1.29 is 9.63 Å². The van der Waals surface area contributed by atoms with Gasteiger partial charge in [-0.1, -0.05) is 35.5 Å². The number of rotatable bonds is 7. The smallest absolute Gasteiger partial charge is 0.264 e. The number of hydrogen-bond donors (Lipinski definition) is 1. The average molecular weight is 342 g/mol. The van der Waals surface area contributed by atoms with Gasteiger partial charge < -0.3 is 10.2 Å². The Hall–Kier alpha value is -2.14. The molecule has 1 aromatic heterocycles. The molecular formula is C19H22N2O2S. The van der Waals surface area contributed by atoms with Gasteiger partial charge in [-0.3, -0.25) is 4.79 Å². The van der Waals surface area contributed by atoms with Gasteiger partial charge in [-0.25, -0.2) is 0 Å². The van der Waals surface area contributed by atoms with Crippen LogP contribution in [0.15, 0.2) is 52.3 Å². The predicted octanol–water partition coefficient (Wildman–Crippen LogP) is 3.57. The van der Waals surface area contributed by atoms with E-state index in [-0.39, 0.29) is 11.9 Å². The lowest BCUT2D eigenvalue weighted by Crippen LogP contribution is -2.41. The summed E-state index contributed by atoms with van der Waals surface area (Å²) in [6.45, 7) is 2.02. The molecule has 2 heterocycles. The summed E-state index contributed by atoms with van der Waals surface area (Å²) in [4.78, 5) is 17.6. The Balaban J connectivity index is 1.41. The molecule has 2 aromatic rings. The molecule has 1 N–H and O–H groups in total. The summed E-state index contributed by atoms with van der Waals surface area (Å²) in [5.74, 6) is -0.0730. The lowest BCUT2D eigenvalue weighted by Gasteiger charge is -2.15.